The first-order valence-corrected chi connectivity index (χ1v) is 29.1. The van der Waals surface area contributed by atoms with Crippen LogP contribution in [0.3, 0.4) is 0 Å². The van der Waals surface area contributed by atoms with Crippen LogP contribution in [0.5, 0.6) is 0 Å². The zero-order valence-electron chi connectivity index (χ0n) is 48.3. The number of imidazole rings is 1. The van der Waals surface area contributed by atoms with E-state index in [2.05, 4.69) is 56.5 Å². The molecule has 2 fully saturated rings. The van der Waals surface area contributed by atoms with Crippen LogP contribution >= 0.6 is 22.7 Å². The Bertz CT molecular complexity index is 3140. The fraction of sp³-hybridized carbons (Fsp3) is 0.580. The Morgan fingerprint density at radius 3 is 2.08 bits per heavy atom. The minimum atomic E-state index is -2.20. The summed E-state index contributed by atoms with van der Waals surface area (Å²) in [5, 5.41) is 113. The number of aromatic nitrogens is 6. The van der Waals surface area contributed by atoms with Gasteiger partial charge in [0.25, 0.3) is 5.91 Å². The van der Waals surface area contributed by atoms with E-state index in [0.717, 1.165) is 23.9 Å². The summed E-state index contributed by atoms with van der Waals surface area (Å²) in [6, 6.07) is -7.88. The fourth-order valence-electron chi connectivity index (χ4n) is 9.14. The third-order valence-corrected chi connectivity index (χ3v) is 16.0. The molecule has 2 aliphatic heterocycles. The SMILES string of the molecule is Cc1c(N)nc([C@H](CC(N)=O)NC[C@H](N)C(N)=O)nc1C(=O)N[C@H](C(=O)N[C@H](C)[C@@H](O)[C@H](C)C(=O)N[C@H](C(=O)NCCc1nc(-c2nc(C(=O)O)cs2)cs1)[C@@H](C)O)[C@@H](O[C@@H]1O[C@@H](CO)[C@@H](O)[C@H](O)[C@@H]1O[C@H]1O[C@H](CO)[C@@H](O)[C@H](OC(N)=O)[C@@H]1O)c1cnc[nH]1. The lowest BCUT2D eigenvalue weighted by atomic mass is 9.96. The third kappa shape index (κ3) is 17.9. The molecule has 4 aromatic heterocycles. The lowest BCUT2D eigenvalue weighted by molar-refractivity contribution is -0.372. The fourth-order valence-corrected chi connectivity index (χ4v) is 10.7. The molecule has 4 aromatic rings. The van der Waals surface area contributed by atoms with E-state index in [-0.39, 0.29) is 48.1 Å². The monoisotopic (exact) mass is 1310 g/mol. The van der Waals surface area contributed by atoms with Crippen molar-refractivity contribution in [3.63, 3.8) is 0 Å². The molecule has 0 spiro atoms. The molecule has 2 aliphatic rings. The topological polar surface area (TPSA) is 635 Å². The summed E-state index contributed by atoms with van der Waals surface area (Å²) in [7, 11) is 0. The number of carbonyl (C=O) groups excluding carboxylic acids is 7. The quantitative estimate of drug-likeness (QED) is 0.0222. The van der Waals surface area contributed by atoms with Crippen molar-refractivity contribution >= 4 is 76.0 Å². The second-order valence-electron chi connectivity index (χ2n) is 20.8. The number of aromatic carboxylic acids is 1. The second kappa shape index (κ2) is 31.9. The van der Waals surface area contributed by atoms with E-state index < -0.39 is 189 Å². The number of aliphatic hydroxyl groups excluding tert-OH is 8. The molecule has 496 valence electrons. The number of carbonyl (C=O) groups is 8. The van der Waals surface area contributed by atoms with E-state index in [4.69, 9.17) is 52.4 Å². The summed E-state index contributed by atoms with van der Waals surface area (Å²) in [6.07, 6.45) is -25.2. The van der Waals surface area contributed by atoms with Crippen LogP contribution in [0.15, 0.2) is 23.3 Å². The van der Waals surface area contributed by atoms with Crippen LogP contribution in [0, 0.1) is 12.8 Å². The maximum Gasteiger partial charge on any atom is 0.404 e. The molecule has 0 aromatic carbocycles. The van der Waals surface area contributed by atoms with Crippen molar-refractivity contribution in [1.29, 1.82) is 0 Å². The van der Waals surface area contributed by atoms with Crippen LogP contribution in [0.4, 0.5) is 10.6 Å². The molecule has 7 amide bonds. The lowest BCUT2D eigenvalue weighted by Gasteiger charge is -2.47. The van der Waals surface area contributed by atoms with Gasteiger partial charge in [-0.2, -0.15) is 0 Å². The molecule has 6 rings (SSSR count). The smallest absolute Gasteiger partial charge is 0.404 e. The van der Waals surface area contributed by atoms with Gasteiger partial charge < -0.3 is 130 Å². The Balaban J connectivity index is 1.31. The highest BCUT2D eigenvalue weighted by Crippen LogP contribution is 2.35. The van der Waals surface area contributed by atoms with Gasteiger partial charge in [-0.25, -0.2) is 34.5 Å². The lowest BCUT2D eigenvalue weighted by Crippen LogP contribution is -2.65. The molecule has 19 atom stereocenters. The molecule has 0 aliphatic carbocycles. The van der Waals surface area contributed by atoms with E-state index >= 15 is 4.79 Å². The van der Waals surface area contributed by atoms with E-state index in [1.165, 1.54) is 44.4 Å². The number of H-pyrrole nitrogens is 1. The third-order valence-electron chi connectivity index (χ3n) is 14.3. The van der Waals surface area contributed by atoms with Crippen LogP contribution < -0.4 is 55.3 Å². The zero-order chi connectivity index (χ0) is 66.6. The molecule has 25 N–H and O–H groups in total. The number of nitrogens with one attached hydrogen (secondary N) is 6. The van der Waals surface area contributed by atoms with Gasteiger partial charge in [0, 0.05) is 42.3 Å². The number of aliphatic hydroxyl groups is 8. The van der Waals surface area contributed by atoms with Crippen LogP contribution in [0.1, 0.15) is 82.4 Å². The molecule has 40 heteroatoms. The molecule has 0 unspecified atom stereocenters. The van der Waals surface area contributed by atoms with Crippen molar-refractivity contribution in [2.75, 3.05) is 32.0 Å². The van der Waals surface area contributed by atoms with Gasteiger partial charge in [-0.3, -0.25) is 28.8 Å². The molecular formula is C50H72N16O22S2. The summed E-state index contributed by atoms with van der Waals surface area (Å²) in [5.74, 6) is -9.68. The van der Waals surface area contributed by atoms with Crippen molar-refractivity contribution in [1.82, 2.24) is 56.5 Å². The first-order valence-electron chi connectivity index (χ1n) is 27.4. The highest BCUT2D eigenvalue weighted by Gasteiger charge is 2.54. The number of anilines is 1. The van der Waals surface area contributed by atoms with Crippen molar-refractivity contribution in [3.8, 4) is 10.7 Å². The largest absolute Gasteiger partial charge is 0.476 e. The van der Waals surface area contributed by atoms with Gasteiger partial charge in [-0.1, -0.05) is 6.92 Å². The summed E-state index contributed by atoms with van der Waals surface area (Å²) >= 11 is 2.29. The molecule has 38 nitrogen and oxygen atoms in total. The first kappa shape index (κ1) is 71.4. The van der Waals surface area contributed by atoms with Crippen molar-refractivity contribution in [3.05, 3.63) is 56.8 Å². The number of rotatable bonds is 31. The molecular weight excluding hydrogens is 1240 g/mol. The summed E-state index contributed by atoms with van der Waals surface area (Å²) in [5.41, 5.74) is 27.5. The molecule has 2 saturated heterocycles. The van der Waals surface area contributed by atoms with Gasteiger partial charge in [0.1, 0.15) is 89.0 Å². The number of nitrogens with zero attached hydrogens (tertiary/aromatic N) is 5. The first-order chi connectivity index (χ1) is 42.5. The van der Waals surface area contributed by atoms with Crippen molar-refractivity contribution in [2.45, 2.75) is 150 Å². The number of nitrogens with two attached hydrogens (primary N) is 5. The highest BCUT2D eigenvalue weighted by molar-refractivity contribution is 7.14. The molecule has 0 bridgehead atoms. The van der Waals surface area contributed by atoms with Gasteiger partial charge >= 0.3 is 12.1 Å². The molecule has 0 radical (unpaired) electrons. The van der Waals surface area contributed by atoms with Crippen molar-refractivity contribution in [2.24, 2.45) is 28.9 Å². The number of primary amides is 3. The van der Waals surface area contributed by atoms with Gasteiger partial charge in [0.05, 0.1) is 72.7 Å². The predicted molar refractivity (Wildman–Crippen MR) is 305 cm³/mol. The summed E-state index contributed by atoms with van der Waals surface area (Å²) in [6.45, 7) is 2.55. The van der Waals surface area contributed by atoms with Crippen molar-refractivity contribution < 1.29 is 108 Å². The Labute approximate surface area is 517 Å². The molecule has 90 heavy (non-hydrogen) atoms. The summed E-state index contributed by atoms with van der Waals surface area (Å²) < 4.78 is 28.6. The van der Waals surface area contributed by atoms with Gasteiger partial charge in [-0.15, -0.1) is 22.7 Å². The summed E-state index contributed by atoms with van der Waals surface area (Å²) in [4.78, 5) is 128. The van der Waals surface area contributed by atoms with E-state index in [1.54, 1.807) is 5.38 Å². The number of nitrogen functional groups attached to an aromatic ring is 1. The van der Waals surface area contributed by atoms with Crippen LogP contribution in [-0.2, 0) is 54.1 Å². The Kier molecular flexibility index (Phi) is 25.3. The average Bonchev–Trinajstić information content (AvgIpc) is 0.905. The predicted octanol–water partition coefficient (Wildman–Crippen LogP) is -8.00. The number of hydrogen-bond donors (Lipinski definition) is 20. The second-order valence-corrected chi connectivity index (χ2v) is 22.6. The standard InChI is InChI=1S/C50H72N16O22S2/c1-15-28(63-41(66-39(15)53)20(7-26(52)70)58-8-19(51)40(54)76)44(79)65-30(36(21-9-56-14-59-21)86-49-38(34(74)32(72)24(10-67)85-49)87-48-35(75)37(88-50(55)83)33(73)25(11-68)84-48)45(80)60-17(3)31(71)16(2)42(77)64-29(18(4)69)43(78)57-6-5-27-61-22(12-89-27)46-62-23(13-90-46)47(81)82/h9,12-14,16-20,24-25,29-38,48-49,58,67-69,71-75H,5-8,10-11,51H2,1-4H3,(H2,52,70)(H2,54,76)(H2,55,83)(H,56,59)(H,57,78)(H,60,80)(H,64,77)(H,65,79)(H,81,82)(H2,53,63,66)/t16-,17+,18+,19-,20-,24-,25+,29-,30-,31-,32+,33+,34-,35-,36-,37-,38-,48+,49-/m0/s1. The number of carboxylic acids is 1. The van der Waals surface area contributed by atoms with Crippen LogP contribution in [-0.4, -0.2) is 247 Å². The van der Waals surface area contributed by atoms with Gasteiger partial charge in [0.2, 0.25) is 29.5 Å². The number of thiazole rings is 2. The van der Waals surface area contributed by atoms with Crippen LogP contribution in [0.25, 0.3) is 10.7 Å². The number of hydrogen-bond acceptors (Lipinski definition) is 31. The maximum atomic E-state index is 15.1. The Morgan fingerprint density at radius 2 is 1.48 bits per heavy atom. The number of aromatic amines is 1. The molecule has 0 saturated carbocycles. The zero-order valence-corrected chi connectivity index (χ0v) is 49.9. The highest BCUT2D eigenvalue weighted by atomic mass is 32.1. The minimum Gasteiger partial charge on any atom is -0.476 e. The molecule has 6 heterocycles. The Hall–Kier alpha value is -7.65. The van der Waals surface area contributed by atoms with E-state index in [1.807, 2.05) is 0 Å². The normalized spacial score (nSPS) is 24.8. The average molecular weight is 1310 g/mol. The minimum absolute atomic E-state index is 0.0370. The van der Waals surface area contributed by atoms with E-state index in [0.29, 0.717) is 15.7 Å². The van der Waals surface area contributed by atoms with Gasteiger partial charge in [-0.05, 0) is 20.8 Å². The van der Waals surface area contributed by atoms with E-state index in [9.17, 15) is 79.5 Å². The number of amides is 7. The Morgan fingerprint density at radius 1 is 0.800 bits per heavy atom. The number of carboxylic acid groups (broad SMARTS) is 1. The maximum absolute atomic E-state index is 15.1. The number of ether oxygens (including phenoxy) is 5. The van der Waals surface area contributed by atoms with Gasteiger partial charge in [0.15, 0.2) is 24.4 Å². The van der Waals surface area contributed by atoms with Crippen LogP contribution in [0.2, 0.25) is 0 Å².